The predicted molar refractivity (Wildman–Crippen MR) is 98.1 cm³/mol. The standard InChI is InChI=1S/C14H18I2N2O2/c15-7-3-9-17-13(19)11-5-1-2-6-12(11)14(20)18-10-4-8-16/h1-2,5-6H,3-4,7-10H2,(H,17,19)(H,18,20). The van der Waals surface area contributed by atoms with Gasteiger partial charge in [-0.3, -0.25) is 9.59 Å². The van der Waals surface area contributed by atoms with Gasteiger partial charge in [-0.15, -0.1) is 0 Å². The molecule has 4 nitrogen and oxygen atoms in total. The molecule has 1 aromatic carbocycles. The lowest BCUT2D eigenvalue weighted by Crippen LogP contribution is -2.30. The van der Waals surface area contributed by atoms with Crippen molar-refractivity contribution in [1.29, 1.82) is 0 Å². The van der Waals surface area contributed by atoms with Crippen LogP contribution in [0.25, 0.3) is 0 Å². The van der Waals surface area contributed by atoms with Gasteiger partial charge in [0.05, 0.1) is 11.1 Å². The van der Waals surface area contributed by atoms with Crippen molar-refractivity contribution in [3.05, 3.63) is 35.4 Å². The van der Waals surface area contributed by atoms with Gasteiger partial charge in [-0.1, -0.05) is 57.3 Å². The predicted octanol–water partition coefficient (Wildman–Crippen LogP) is 2.80. The third kappa shape index (κ3) is 5.94. The number of halogens is 2. The molecule has 0 aliphatic heterocycles. The molecule has 0 heterocycles. The third-order valence-electron chi connectivity index (χ3n) is 2.61. The molecule has 20 heavy (non-hydrogen) atoms. The molecule has 0 unspecified atom stereocenters. The first-order chi connectivity index (χ1) is 9.70. The minimum atomic E-state index is -0.186. The van der Waals surface area contributed by atoms with E-state index in [9.17, 15) is 9.59 Å². The lowest BCUT2D eigenvalue weighted by Gasteiger charge is -2.10. The van der Waals surface area contributed by atoms with Crippen molar-refractivity contribution in [2.24, 2.45) is 0 Å². The Morgan fingerprint density at radius 3 is 1.60 bits per heavy atom. The molecular weight excluding hydrogens is 482 g/mol. The van der Waals surface area contributed by atoms with Gasteiger partial charge in [-0.05, 0) is 25.0 Å². The van der Waals surface area contributed by atoms with E-state index in [1.54, 1.807) is 24.3 Å². The number of alkyl halides is 2. The number of benzene rings is 1. The Labute approximate surface area is 146 Å². The smallest absolute Gasteiger partial charge is 0.252 e. The molecular formula is C14H18I2N2O2. The second-order valence-corrected chi connectivity index (χ2v) is 6.30. The summed E-state index contributed by atoms with van der Waals surface area (Å²) >= 11 is 4.54. The average molecular weight is 500 g/mol. The van der Waals surface area contributed by atoms with E-state index in [2.05, 4.69) is 55.8 Å². The molecule has 0 aromatic heterocycles. The Hall–Kier alpha value is -0.380. The van der Waals surface area contributed by atoms with Crippen molar-refractivity contribution in [2.45, 2.75) is 12.8 Å². The lowest BCUT2D eigenvalue weighted by molar-refractivity contribution is 0.0919. The molecule has 2 N–H and O–H groups in total. The summed E-state index contributed by atoms with van der Waals surface area (Å²) in [7, 11) is 0. The summed E-state index contributed by atoms with van der Waals surface area (Å²) in [5, 5.41) is 5.67. The second-order valence-electron chi connectivity index (χ2n) is 4.14. The highest BCUT2D eigenvalue weighted by atomic mass is 127. The quantitative estimate of drug-likeness (QED) is 0.328. The van der Waals surface area contributed by atoms with E-state index in [1.165, 1.54) is 0 Å². The molecule has 1 rings (SSSR count). The molecule has 0 aliphatic rings. The van der Waals surface area contributed by atoms with Crippen LogP contribution in [-0.2, 0) is 0 Å². The highest BCUT2D eigenvalue weighted by molar-refractivity contribution is 14.1. The first-order valence-electron chi connectivity index (χ1n) is 6.48. The summed E-state index contributed by atoms with van der Waals surface area (Å²) in [6.45, 7) is 1.26. The summed E-state index contributed by atoms with van der Waals surface area (Å²) in [4.78, 5) is 24.2. The largest absolute Gasteiger partial charge is 0.352 e. The van der Waals surface area contributed by atoms with E-state index >= 15 is 0 Å². The number of carbonyl (C=O) groups excluding carboxylic acids is 2. The Bertz CT molecular complexity index is 412. The average Bonchev–Trinajstić information content (AvgIpc) is 2.47. The summed E-state index contributed by atoms with van der Waals surface area (Å²) in [6, 6.07) is 6.92. The molecule has 0 atom stereocenters. The molecule has 0 aliphatic carbocycles. The van der Waals surface area contributed by atoms with Crippen molar-refractivity contribution in [1.82, 2.24) is 10.6 Å². The fourth-order valence-electron chi connectivity index (χ4n) is 1.61. The maximum Gasteiger partial charge on any atom is 0.252 e. The Morgan fingerprint density at radius 2 is 1.25 bits per heavy atom. The fraction of sp³-hybridized carbons (Fsp3) is 0.429. The van der Waals surface area contributed by atoms with Crippen LogP contribution >= 0.6 is 45.2 Å². The van der Waals surface area contributed by atoms with Crippen LogP contribution in [0.4, 0.5) is 0 Å². The van der Waals surface area contributed by atoms with Crippen molar-refractivity contribution >= 4 is 57.0 Å². The molecule has 0 fully saturated rings. The van der Waals surface area contributed by atoms with Crippen LogP contribution in [0, 0.1) is 0 Å². The van der Waals surface area contributed by atoms with Crippen molar-refractivity contribution < 1.29 is 9.59 Å². The third-order valence-corrected chi connectivity index (χ3v) is 4.13. The van der Waals surface area contributed by atoms with Gasteiger partial charge in [0.1, 0.15) is 0 Å². The number of rotatable bonds is 8. The van der Waals surface area contributed by atoms with Crippen molar-refractivity contribution in [3.63, 3.8) is 0 Å². The van der Waals surface area contributed by atoms with E-state index < -0.39 is 0 Å². The minimum absolute atomic E-state index is 0.186. The Balaban J connectivity index is 2.71. The maximum atomic E-state index is 12.1. The van der Waals surface area contributed by atoms with Gasteiger partial charge in [0, 0.05) is 21.9 Å². The Kier molecular flexibility index (Phi) is 9.16. The van der Waals surface area contributed by atoms with Gasteiger partial charge in [0.15, 0.2) is 0 Å². The molecule has 0 saturated carbocycles. The normalized spacial score (nSPS) is 10.1. The van der Waals surface area contributed by atoms with E-state index in [1.807, 2.05) is 0 Å². The molecule has 0 bridgehead atoms. The first-order valence-corrected chi connectivity index (χ1v) is 9.53. The van der Waals surface area contributed by atoms with Crippen molar-refractivity contribution in [2.75, 3.05) is 21.9 Å². The number of hydrogen-bond acceptors (Lipinski definition) is 2. The van der Waals surface area contributed by atoms with Gasteiger partial charge >= 0.3 is 0 Å². The lowest BCUT2D eigenvalue weighted by atomic mass is 10.1. The van der Waals surface area contributed by atoms with E-state index in [4.69, 9.17) is 0 Å². The molecule has 1 aromatic rings. The van der Waals surface area contributed by atoms with Crippen molar-refractivity contribution in [3.8, 4) is 0 Å². The topological polar surface area (TPSA) is 58.2 Å². The van der Waals surface area contributed by atoms with Gasteiger partial charge in [-0.25, -0.2) is 0 Å². The van der Waals surface area contributed by atoms with Gasteiger partial charge in [-0.2, -0.15) is 0 Å². The molecule has 0 saturated heterocycles. The monoisotopic (exact) mass is 500 g/mol. The van der Waals surface area contributed by atoms with Crippen LogP contribution in [0.1, 0.15) is 33.6 Å². The van der Waals surface area contributed by atoms with Gasteiger partial charge in [0.2, 0.25) is 0 Å². The number of amides is 2. The zero-order chi connectivity index (χ0) is 14.8. The summed E-state index contributed by atoms with van der Waals surface area (Å²) in [5.74, 6) is -0.371. The minimum Gasteiger partial charge on any atom is -0.352 e. The molecule has 2 amide bonds. The first kappa shape index (κ1) is 17.7. The van der Waals surface area contributed by atoms with Gasteiger partial charge in [0.25, 0.3) is 11.8 Å². The highest BCUT2D eigenvalue weighted by Gasteiger charge is 2.15. The summed E-state index contributed by atoms with van der Waals surface area (Å²) < 4.78 is 1.99. The van der Waals surface area contributed by atoms with Crippen LogP contribution in [0.5, 0.6) is 0 Å². The maximum absolute atomic E-state index is 12.1. The zero-order valence-corrected chi connectivity index (χ0v) is 15.4. The number of nitrogens with one attached hydrogen (secondary N) is 2. The second kappa shape index (κ2) is 10.4. The molecule has 6 heteroatoms. The Morgan fingerprint density at radius 1 is 0.850 bits per heavy atom. The van der Waals surface area contributed by atoms with Crippen LogP contribution < -0.4 is 10.6 Å². The van der Waals surface area contributed by atoms with Crippen LogP contribution in [0.2, 0.25) is 0 Å². The molecule has 0 spiro atoms. The van der Waals surface area contributed by atoms with E-state index in [0.29, 0.717) is 24.2 Å². The van der Waals surface area contributed by atoms with Crippen LogP contribution in [0.3, 0.4) is 0 Å². The number of hydrogen-bond donors (Lipinski definition) is 2. The fourth-order valence-corrected chi connectivity index (χ4v) is 2.37. The van der Waals surface area contributed by atoms with E-state index in [-0.39, 0.29) is 11.8 Å². The SMILES string of the molecule is O=C(NCCCI)c1ccccc1C(=O)NCCCI. The summed E-state index contributed by atoms with van der Waals surface area (Å²) in [5.41, 5.74) is 0.876. The number of carbonyl (C=O) groups is 2. The van der Waals surface area contributed by atoms with E-state index in [0.717, 1.165) is 21.7 Å². The summed E-state index contributed by atoms with van der Waals surface area (Å²) in [6.07, 6.45) is 1.85. The van der Waals surface area contributed by atoms with Crippen LogP contribution in [-0.4, -0.2) is 33.8 Å². The van der Waals surface area contributed by atoms with Gasteiger partial charge < -0.3 is 10.6 Å². The molecule has 0 radical (unpaired) electrons. The molecule has 110 valence electrons. The highest BCUT2D eigenvalue weighted by Crippen LogP contribution is 2.09. The van der Waals surface area contributed by atoms with Crippen LogP contribution in [0.15, 0.2) is 24.3 Å². The zero-order valence-electron chi connectivity index (χ0n) is 11.1.